The van der Waals surface area contributed by atoms with Gasteiger partial charge in [-0.2, -0.15) is 12.7 Å². The molecule has 1 unspecified atom stereocenters. The molecule has 214 valence electrons. The van der Waals surface area contributed by atoms with Crippen molar-refractivity contribution in [2.75, 3.05) is 40.3 Å². The van der Waals surface area contributed by atoms with Crippen LogP contribution in [-0.2, 0) is 16.8 Å². The van der Waals surface area contributed by atoms with E-state index < -0.39 is 16.1 Å². The quantitative estimate of drug-likeness (QED) is 0.450. The molecule has 0 spiro atoms. The second-order valence-corrected chi connectivity index (χ2v) is 13.6. The number of para-hydroxylation sites is 1. The van der Waals surface area contributed by atoms with Crippen LogP contribution < -0.4 is 9.46 Å². The molecule has 1 saturated carbocycles. The minimum atomic E-state index is -3.96. The third kappa shape index (κ3) is 5.27. The smallest absolute Gasteiger partial charge is 0.303 e. The van der Waals surface area contributed by atoms with Crippen LogP contribution in [0.5, 0.6) is 5.75 Å². The number of rotatable bonds is 1. The van der Waals surface area contributed by atoms with Gasteiger partial charge in [0.2, 0.25) is 0 Å². The number of ether oxygens (including phenoxy) is 1. The molecular weight excluding hydrogens is 524 g/mol. The Morgan fingerprint density at radius 3 is 2.55 bits per heavy atom. The van der Waals surface area contributed by atoms with Gasteiger partial charge in [0, 0.05) is 54.6 Å². The Balaban J connectivity index is 1.56. The number of nitrogens with zero attached hydrogens (tertiary/aromatic N) is 3. The van der Waals surface area contributed by atoms with Crippen molar-refractivity contribution >= 4 is 27.0 Å². The molecule has 1 aromatic heterocycles. The second-order valence-electron chi connectivity index (χ2n) is 11.8. The average Bonchev–Trinajstić information content (AvgIpc) is 3.25. The standard InChI is InChI=1S/C31H40N4O4S/c1-33-16-8-9-22-20-35-27-19-24(31(36)32-40(37,38)34(2)18-17-33)14-15-25(27)29(23-10-4-3-5-11-23)30(35)26-12-6-7-13-28(26)39-21-22/h6-7,12-15,19,22-23H,3-5,8-11,16-18,20-21H2,1-2H3,(H,32,36). The highest BCUT2D eigenvalue weighted by Crippen LogP contribution is 2.47. The number of fused-ring (bicyclic) bond motifs is 4. The number of likely N-dealkylation sites (N-methyl/N-ethyl adjacent to an activating group) is 2. The zero-order chi connectivity index (χ0) is 27.9. The molecule has 1 aliphatic carbocycles. The number of carbonyl (C=O) groups is 1. The molecule has 1 fully saturated rings. The number of benzene rings is 2. The van der Waals surface area contributed by atoms with Gasteiger partial charge in [0.05, 0.1) is 12.3 Å². The Morgan fingerprint density at radius 1 is 0.925 bits per heavy atom. The Labute approximate surface area is 237 Å². The summed E-state index contributed by atoms with van der Waals surface area (Å²) in [5.74, 6) is 1.06. The van der Waals surface area contributed by atoms with E-state index >= 15 is 0 Å². The lowest BCUT2D eigenvalue weighted by Crippen LogP contribution is -2.44. The summed E-state index contributed by atoms with van der Waals surface area (Å²) in [7, 11) is -0.428. The van der Waals surface area contributed by atoms with E-state index in [0.29, 0.717) is 37.1 Å². The van der Waals surface area contributed by atoms with Gasteiger partial charge in [0.25, 0.3) is 5.91 Å². The fourth-order valence-electron chi connectivity index (χ4n) is 6.73. The molecule has 3 heterocycles. The predicted octanol–water partition coefficient (Wildman–Crippen LogP) is 5.00. The zero-order valence-electron chi connectivity index (χ0n) is 23.6. The summed E-state index contributed by atoms with van der Waals surface area (Å²) >= 11 is 0. The first-order valence-electron chi connectivity index (χ1n) is 14.7. The summed E-state index contributed by atoms with van der Waals surface area (Å²) in [6.45, 7) is 3.19. The lowest BCUT2D eigenvalue weighted by molar-refractivity contribution is 0.0979. The molecule has 3 aliphatic rings. The first-order chi connectivity index (χ1) is 19.3. The van der Waals surface area contributed by atoms with Crippen LogP contribution >= 0.6 is 0 Å². The van der Waals surface area contributed by atoms with Crippen LogP contribution in [0.4, 0.5) is 0 Å². The number of amides is 1. The van der Waals surface area contributed by atoms with Crippen LogP contribution in [0.15, 0.2) is 42.5 Å². The lowest BCUT2D eigenvalue weighted by Gasteiger charge is -2.28. The van der Waals surface area contributed by atoms with E-state index in [9.17, 15) is 13.2 Å². The average molecular weight is 565 g/mol. The summed E-state index contributed by atoms with van der Waals surface area (Å²) in [5, 5.41) is 1.16. The van der Waals surface area contributed by atoms with Gasteiger partial charge in [-0.15, -0.1) is 0 Å². The fraction of sp³-hybridized carbons (Fsp3) is 0.516. The molecule has 1 atom stereocenters. The van der Waals surface area contributed by atoms with Gasteiger partial charge < -0.3 is 14.2 Å². The number of carbonyl (C=O) groups excluding carboxylic acids is 1. The third-order valence-electron chi connectivity index (χ3n) is 9.02. The second kappa shape index (κ2) is 11.2. The molecular formula is C31H40N4O4S. The van der Waals surface area contributed by atoms with Crippen LogP contribution in [0.25, 0.3) is 22.2 Å². The van der Waals surface area contributed by atoms with E-state index in [1.165, 1.54) is 41.9 Å². The van der Waals surface area contributed by atoms with Gasteiger partial charge >= 0.3 is 10.2 Å². The Kier molecular flexibility index (Phi) is 7.63. The van der Waals surface area contributed by atoms with Crippen molar-refractivity contribution < 1.29 is 17.9 Å². The molecule has 8 nitrogen and oxygen atoms in total. The Bertz CT molecular complexity index is 1510. The van der Waals surface area contributed by atoms with Crippen LogP contribution in [-0.4, -0.2) is 68.4 Å². The largest absolute Gasteiger partial charge is 0.493 e. The highest BCUT2D eigenvalue weighted by molar-refractivity contribution is 7.87. The molecule has 40 heavy (non-hydrogen) atoms. The van der Waals surface area contributed by atoms with Crippen molar-refractivity contribution in [2.24, 2.45) is 5.92 Å². The fourth-order valence-corrected chi connectivity index (χ4v) is 7.56. The van der Waals surface area contributed by atoms with Gasteiger partial charge in [0.1, 0.15) is 5.75 Å². The van der Waals surface area contributed by atoms with E-state index in [4.69, 9.17) is 4.74 Å². The van der Waals surface area contributed by atoms with E-state index in [1.54, 1.807) is 6.07 Å². The van der Waals surface area contributed by atoms with E-state index in [2.05, 4.69) is 32.4 Å². The molecule has 2 aliphatic heterocycles. The molecule has 1 N–H and O–H groups in total. The molecule has 3 aromatic rings. The first-order valence-corrected chi connectivity index (χ1v) is 16.1. The molecule has 0 radical (unpaired) electrons. The van der Waals surface area contributed by atoms with Gasteiger partial charge in [-0.05, 0) is 75.0 Å². The predicted molar refractivity (Wildman–Crippen MR) is 158 cm³/mol. The van der Waals surface area contributed by atoms with E-state index in [-0.39, 0.29) is 0 Å². The van der Waals surface area contributed by atoms with Crippen molar-refractivity contribution in [3.63, 3.8) is 0 Å². The van der Waals surface area contributed by atoms with Crippen molar-refractivity contribution in [1.82, 2.24) is 18.5 Å². The van der Waals surface area contributed by atoms with Gasteiger partial charge in [0.15, 0.2) is 0 Å². The van der Waals surface area contributed by atoms with Crippen LogP contribution in [0.3, 0.4) is 0 Å². The molecule has 4 bridgehead atoms. The minimum absolute atomic E-state index is 0.304. The highest BCUT2D eigenvalue weighted by atomic mass is 32.2. The van der Waals surface area contributed by atoms with Crippen LogP contribution in [0.2, 0.25) is 0 Å². The van der Waals surface area contributed by atoms with Crippen molar-refractivity contribution in [1.29, 1.82) is 0 Å². The van der Waals surface area contributed by atoms with Gasteiger partial charge in [-0.25, -0.2) is 4.72 Å². The Hall–Kier alpha value is -2.88. The number of nitrogens with one attached hydrogen (secondary N) is 1. The van der Waals surface area contributed by atoms with E-state index in [0.717, 1.165) is 61.0 Å². The number of hydrogen-bond acceptors (Lipinski definition) is 5. The normalized spacial score (nSPS) is 23.4. The monoisotopic (exact) mass is 564 g/mol. The molecule has 9 heteroatoms. The lowest BCUT2D eigenvalue weighted by atomic mass is 9.81. The van der Waals surface area contributed by atoms with Gasteiger partial charge in [-0.3, -0.25) is 4.79 Å². The first kappa shape index (κ1) is 27.3. The summed E-state index contributed by atoms with van der Waals surface area (Å²) in [6, 6.07) is 14.1. The minimum Gasteiger partial charge on any atom is -0.493 e. The topological polar surface area (TPSA) is 83.9 Å². The molecule has 2 aromatic carbocycles. The SMILES string of the molecule is CN1CCCC2COc3ccccc3-c3c(C4CCCCC4)c4ccc(cc4n3C2)C(=O)NS(=O)(=O)N(C)CC1. The van der Waals surface area contributed by atoms with Crippen molar-refractivity contribution in [2.45, 2.75) is 57.4 Å². The van der Waals surface area contributed by atoms with Gasteiger partial charge in [-0.1, -0.05) is 37.5 Å². The van der Waals surface area contributed by atoms with Crippen LogP contribution in [0, 0.1) is 5.92 Å². The maximum Gasteiger partial charge on any atom is 0.303 e. The third-order valence-corrected chi connectivity index (χ3v) is 10.5. The summed E-state index contributed by atoms with van der Waals surface area (Å²) in [5.41, 5.74) is 5.00. The van der Waals surface area contributed by atoms with Crippen LogP contribution in [0.1, 0.15) is 66.8 Å². The highest BCUT2D eigenvalue weighted by Gasteiger charge is 2.31. The number of aromatic nitrogens is 1. The molecule has 0 saturated heterocycles. The van der Waals surface area contributed by atoms with Crippen molar-refractivity contribution in [3.8, 4) is 17.0 Å². The van der Waals surface area contributed by atoms with Crippen molar-refractivity contribution in [3.05, 3.63) is 53.6 Å². The number of hydrogen-bond donors (Lipinski definition) is 1. The summed E-state index contributed by atoms with van der Waals surface area (Å²) in [6.07, 6.45) is 8.00. The maximum absolute atomic E-state index is 13.3. The summed E-state index contributed by atoms with van der Waals surface area (Å²) in [4.78, 5) is 15.5. The molecule has 6 rings (SSSR count). The molecule has 1 amide bonds. The maximum atomic E-state index is 13.3. The Morgan fingerprint density at radius 2 is 1.73 bits per heavy atom. The van der Waals surface area contributed by atoms with E-state index in [1.807, 2.05) is 25.2 Å². The summed E-state index contributed by atoms with van der Waals surface area (Å²) < 4.78 is 38.4. The zero-order valence-corrected chi connectivity index (χ0v) is 24.4.